The van der Waals surface area contributed by atoms with E-state index in [1.54, 1.807) is 11.3 Å². The van der Waals surface area contributed by atoms with Crippen molar-refractivity contribution in [3.05, 3.63) is 52.7 Å². The lowest BCUT2D eigenvalue weighted by atomic mass is 10.1. The molecule has 4 nitrogen and oxygen atoms in total. The molecule has 0 fully saturated rings. The lowest BCUT2D eigenvalue weighted by molar-refractivity contribution is 0.353. The van der Waals surface area contributed by atoms with E-state index in [4.69, 9.17) is 9.72 Å². The Balaban J connectivity index is 1.73. The summed E-state index contributed by atoms with van der Waals surface area (Å²) in [6, 6.07) is 10.2. The zero-order valence-corrected chi connectivity index (χ0v) is 15.0. The number of nitriles is 1. The van der Waals surface area contributed by atoms with E-state index in [9.17, 15) is 5.26 Å². The zero-order chi connectivity index (χ0) is 17.4. The highest BCUT2D eigenvalue weighted by Crippen LogP contribution is 2.36. The van der Waals surface area contributed by atoms with Gasteiger partial charge in [-0.1, -0.05) is 6.58 Å². The number of hydrogen-bond donors (Lipinski definition) is 0. The minimum atomic E-state index is 0.369. The molecule has 0 amide bonds. The van der Waals surface area contributed by atoms with Gasteiger partial charge in [0.2, 0.25) is 0 Å². The van der Waals surface area contributed by atoms with Crippen molar-refractivity contribution in [3.8, 4) is 23.1 Å². The molecule has 0 saturated carbocycles. The third kappa shape index (κ3) is 2.83. The van der Waals surface area contributed by atoms with Crippen molar-refractivity contribution in [2.75, 3.05) is 6.61 Å². The fourth-order valence-electron chi connectivity index (χ4n) is 3.32. The van der Waals surface area contributed by atoms with E-state index in [0.717, 1.165) is 46.1 Å². The third-order valence-electron chi connectivity index (χ3n) is 4.43. The second-order valence-corrected chi connectivity index (χ2v) is 7.52. The average Bonchev–Trinajstić information content (AvgIpc) is 3.25. The molecule has 0 atom stereocenters. The van der Waals surface area contributed by atoms with Crippen LogP contribution in [0.4, 0.5) is 0 Å². The van der Waals surface area contributed by atoms with Crippen molar-refractivity contribution in [2.24, 2.45) is 0 Å². The Morgan fingerprint density at radius 1 is 1.36 bits per heavy atom. The van der Waals surface area contributed by atoms with E-state index in [0.29, 0.717) is 13.0 Å². The molecule has 0 saturated heterocycles. The summed E-state index contributed by atoms with van der Waals surface area (Å²) in [4.78, 5) is 7.28. The maximum absolute atomic E-state index is 9.31. The van der Waals surface area contributed by atoms with Crippen LogP contribution in [0.5, 0.6) is 5.75 Å². The van der Waals surface area contributed by atoms with Crippen molar-refractivity contribution in [2.45, 2.75) is 32.6 Å². The first-order valence-electron chi connectivity index (χ1n) is 8.44. The normalized spacial score (nSPS) is 13.0. The molecule has 0 bridgehead atoms. The number of aromatic nitrogens is 2. The summed E-state index contributed by atoms with van der Waals surface area (Å²) in [6.07, 6.45) is 3.79. The molecular formula is C20H19N3OS. The lowest BCUT2D eigenvalue weighted by Crippen LogP contribution is -1.98. The molecule has 0 radical (unpaired) electrons. The van der Waals surface area contributed by atoms with Crippen LogP contribution in [0.1, 0.15) is 29.6 Å². The number of thiazole rings is 1. The van der Waals surface area contributed by atoms with Gasteiger partial charge in [0.1, 0.15) is 12.4 Å². The highest BCUT2D eigenvalue weighted by atomic mass is 32.1. The van der Waals surface area contributed by atoms with Crippen LogP contribution in [-0.4, -0.2) is 16.0 Å². The standard InChI is InChI=1S/C20H19N3OS/c1-13(2)12-24-15-8-6-14(7-9-15)19-17(10-11-21)23-16-4-3-5-18(16)25-20(23)22-19/h6-9H,1,3-5,10,12H2,2H3. The number of aryl methyl sites for hydroxylation is 2. The van der Waals surface area contributed by atoms with Crippen LogP contribution in [-0.2, 0) is 19.3 Å². The molecule has 1 aromatic carbocycles. The van der Waals surface area contributed by atoms with Gasteiger partial charge in [-0.3, -0.25) is 4.40 Å². The Kier molecular flexibility index (Phi) is 4.06. The Bertz CT molecular complexity index is 989. The van der Waals surface area contributed by atoms with Crippen LogP contribution < -0.4 is 4.74 Å². The second-order valence-electron chi connectivity index (χ2n) is 6.46. The fraction of sp³-hybridized carbons (Fsp3) is 0.300. The van der Waals surface area contributed by atoms with E-state index in [2.05, 4.69) is 17.0 Å². The number of benzene rings is 1. The molecule has 126 valence electrons. The first-order valence-corrected chi connectivity index (χ1v) is 9.25. The van der Waals surface area contributed by atoms with Crippen LogP contribution in [0, 0.1) is 11.3 Å². The quantitative estimate of drug-likeness (QED) is 0.634. The molecule has 2 heterocycles. The molecule has 3 aromatic rings. The van der Waals surface area contributed by atoms with Gasteiger partial charge >= 0.3 is 0 Å². The summed E-state index contributed by atoms with van der Waals surface area (Å²) in [7, 11) is 0. The van der Waals surface area contributed by atoms with Gasteiger partial charge in [-0.05, 0) is 56.0 Å². The summed E-state index contributed by atoms with van der Waals surface area (Å²) in [5.74, 6) is 0.815. The molecule has 5 heteroatoms. The van der Waals surface area contributed by atoms with Crippen molar-refractivity contribution < 1.29 is 4.74 Å². The van der Waals surface area contributed by atoms with Crippen molar-refractivity contribution in [1.29, 1.82) is 5.26 Å². The summed E-state index contributed by atoms with van der Waals surface area (Å²) < 4.78 is 7.88. The topological polar surface area (TPSA) is 50.3 Å². The van der Waals surface area contributed by atoms with Gasteiger partial charge in [0.05, 0.1) is 23.9 Å². The maximum atomic E-state index is 9.31. The minimum Gasteiger partial charge on any atom is -0.489 e. The number of hydrogen-bond acceptors (Lipinski definition) is 4. The number of ether oxygens (including phenoxy) is 1. The monoisotopic (exact) mass is 349 g/mol. The van der Waals surface area contributed by atoms with Gasteiger partial charge in [-0.25, -0.2) is 4.98 Å². The fourth-order valence-corrected chi connectivity index (χ4v) is 4.55. The lowest BCUT2D eigenvalue weighted by Gasteiger charge is -2.07. The first kappa shape index (κ1) is 15.9. The van der Waals surface area contributed by atoms with E-state index in [1.807, 2.05) is 31.2 Å². The Labute approximate surface area is 151 Å². The van der Waals surface area contributed by atoms with Gasteiger partial charge in [0, 0.05) is 16.1 Å². The average molecular weight is 349 g/mol. The predicted octanol–water partition coefficient (Wildman–Crippen LogP) is 4.57. The molecule has 4 rings (SSSR count). The van der Waals surface area contributed by atoms with Gasteiger partial charge in [-0.15, -0.1) is 11.3 Å². The summed E-state index contributed by atoms with van der Waals surface area (Å²) in [5, 5.41) is 9.31. The molecule has 1 aliphatic rings. The van der Waals surface area contributed by atoms with Crippen LogP contribution in [0.3, 0.4) is 0 Å². The summed E-state index contributed by atoms with van der Waals surface area (Å²) >= 11 is 1.76. The van der Waals surface area contributed by atoms with E-state index >= 15 is 0 Å². The molecule has 25 heavy (non-hydrogen) atoms. The van der Waals surface area contributed by atoms with Crippen LogP contribution >= 0.6 is 11.3 Å². The number of imidazole rings is 1. The Hall–Kier alpha value is -2.58. The highest BCUT2D eigenvalue weighted by molar-refractivity contribution is 7.17. The highest BCUT2D eigenvalue weighted by Gasteiger charge is 2.24. The zero-order valence-electron chi connectivity index (χ0n) is 14.2. The predicted molar refractivity (Wildman–Crippen MR) is 100 cm³/mol. The summed E-state index contributed by atoms with van der Waals surface area (Å²) in [6.45, 7) is 6.31. The van der Waals surface area contributed by atoms with E-state index in [-0.39, 0.29) is 0 Å². The Morgan fingerprint density at radius 2 is 2.16 bits per heavy atom. The van der Waals surface area contributed by atoms with Gasteiger partial charge in [-0.2, -0.15) is 5.26 Å². The van der Waals surface area contributed by atoms with E-state index in [1.165, 1.54) is 17.0 Å². The number of fused-ring (bicyclic) bond motifs is 3. The number of rotatable bonds is 5. The molecule has 1 aliphatic carbocycles. The Morgan fingerprint density at radius 3 is 2.88 bits per heavy atom. The SMILES string of the molecule is C=C(C)COc1ccc(-c2nc3sc4c(n3c2CC#N)CCC4)cc1. The van der Waals surface area contributed by atoms with E-state index < -0.39 is 0 Å². The van der Waals surface area contributed by atoms with Gasteiger partial charge < -0.3 is 4.74 Å². The van der Waals surface area contributed by atoms with Crippen LogP contribution in [0.15, 0.2) is 36.4 Å². The molecular weight excluding hydrogens is 330 g/mol. The molecule has 0 N–H and O–H groups in total. The van der Waals surface area contributed by atoms with Crippen molar-refractivity contribution >= 4 is 16.3 Å². The molecule has 0 unspecified atom stereocenters. The largest absolute Gasteiger partial charge is 0.489 e. The first-order chi connectivity index (χ1) is 12.2. The summed E-state index contributed by atoms with van der Waals surface area (Å²) in [5.41, 5.74) is 5.28. The molecule has 0 aliphatic heterocycles. The second kappa shape index (κ2) is 6.38. The maximum Gasteiger partial charge on any atom is 0.194 e. The van der Waals surface area contributed by atoms with Gasteiger partial charge in [0.25, 0.3) is 0 Å². The minimum absolute atomic E-state index is 0.369. The number of nitrogens with zero attached hydrogens (tertiary/aromatic N) is 3. The van der Waals surface area contributed by atoms with Crippen molar-refractivity contribution in [1.82, 2.24) is 9.38 Å². The third-order valence-corrected chi connectivity index (χ3v) is 5.57. The van der Waals surface area contributed by atoms with Crippen LogP contribution in [0.25, 0.3) is 16.2 Å². The smallest absolute Gasteiger partial charge is 0.194 e. The van der Waals surface area contributed by atoms with Crippen molar-refractivity contribution in [3.63, 3.8) is 0 Å². The molecule has 0 spiro atoms. The molecule has 2 aromatic heterocycles. The van der Waals surface area contributed by atoms with Crippen LogP contribution in [0.2, 0.25) is 0 Å². The van der Waals surface area contributed by atoms with Gasteiger partial charge in [0.15, 0.2) is 4.96 Å².